The summed E-state index contributed by atoms with van der Waals surface area (Å²) in [5.74, 6) is 0. The molecule has 0 unspecified atom stereocenters. The van der Waals surface area contributed by atoms with Gasteiger partial charge in [-0.05, 0) is 56.2 Å². The number of anilines is 2. The van der Waals surface area contributed by atoms with E-state index in [9.17, 15) is 8.42 Å². The van der Waals surface area contributed by atoms with Gasteiger partial charge in [0.25, 0.3) is 0 Å². The van der Waals surface area contributed by atoms with Crippen molar-refractivity contribution in [2.45, 2.75) is 20.8 Å². The van der Waals surface area contributed by atoms with E-state index in [1.54, 1.807) is 18.5 Å². The van der Waals surface area contributed by atoms with Crippen LogP contribution in [0.4, 0.5) is 17.1 Å². The molecular formula is C19H25N3O2S. The maximum Gasteiger partial charge on any atom is 0.236 e. The van der Waals surface area contributed by atoms with Gasteiger partial charge in [-0.2, -0.15) is 0 Å². The topological polar surface area (TPSA) is 53.0 Å². The number of sulfonamides is 1. The summed E-state index contributed by atoms with van der Waals surface area (Å²) >= 11 is 0. The van der Waals surface area contributed by atoms with Gasteiger partial charge in [0.2, 0.25) is 10.0 Å². The van der Waals surface area contributed by atoms with Crippen molar-refractivity contribution in [2.75, 3.05) is 24.2 Å². The Labute approximate surface area is 150 Å². The smallest absolute Gasteiger partial charge is 0.236 e. The van der Waals surface area contributed by atoms with Gasteiger partial charge in [0, 0.05) is 13.6 Å². The molecule has 0 aliphatic carbocycles. The largest absolute Gasteiger partial charge is 0.366 e. The normalized spacial score (nSPS) is 11.7. The van der Waals surface area contributed by atoms with Crippen molar-refractivity contribution < 1.29 is 8.42 Å². The molecule has 0 N–H and O–H groups in total. The maximum absolute atomic E-state index is 12.4. The summed E-state index contributed by atoms with van der Waals surface area (Å²) < 4.78 is 26.2. The Balaban J connectivity index is 2.54. The molecule has 25 heavy (non-hydrogen) atoms. The predicted octanol–water partition coefficient (Wildman–Crippen LogP) is 4.01. The monoisotopic (exact) mass is 359 g/mol. The molecule has 0 aliphatic rings. The van der Waals surface area contributed by atoms with Gasteiger partial charge in [0.05, 0.1) is 29.7 Å². The molecule has 0 saturated heterocycles. The Kier molecular flexibility index (Phi) is 5.85. The molecule has 2 rings (SSSR count). The fourth-order valence-corrected chi connectivity index (χ4v) is 3.52. The fourth-order valence-electron chi connectivity index (χ4n) is 2.46. The van der Waals surface area contributed by atoms with Crippen LogP contribution < -0.4 is 4.31 Å². The van der Waals surface area contributed by atoms with Gasteiger partial charge in [-0.25, -0.2) is 17.7 Å². The average molecular weight is 359 g/mol. The van der Waals surface area contributed by atoms with Crippen molar-refractivity contribution in [3.05, 3.63) is 53.6 Å². The zero-order chi connectivity index (χ0) is 18.6. The molecule has 0 saturated carbocycles. The first-order valence-electron chi connectivity index (χ1n) is 8.15. The van der Waals surface area contributed by atoms with Gasteiger partial charge in [0.1, 0.15) is 0 Å². The van der Waals surface area contributed by atoms with Gasteiger partial charge in [-0.1, -0.05) is 18.2 Å². The molecule has 0 radical (unpaired) electrons. The minimum Gasteiger partial charge on any atom is -0.366 e. The summed E-state index contributed by atoms with van der Waals surface area (Å²) in [6.07, 6.45) is 3.00. The van der Waals surface area contributed by atoms with E-state index >= 15 is 0 Å². The van der Waals surface area contributed by atoms with E-state index in [0.717, 1.165) is 23.4 Å². The summed E-state index contributed by atoms with van der Waals surface area (Å²) in [7, 11) is -1.51. The third-order valence-electron chi connectivity index (χ3n) is 3.95. The molecule has 2 aromatic rings. The molecule has 0 amide bonds. The van der Waals surface area contributed by atoms with Crippen molar-refractivity contribution >= 4 is 33.4 Å². The molecule has 0 spiro atoms. The van der Waals surface area contributed by atoms with E-state index in [1.807, 2.05) is 56.1 Å². The minimum absolute atomic E-state index is 0.620. The van der Waals surface area contributed by atoms with Crippen molar-refractivity contribution in [1.82, 2.24) is 4.90 Å². The van der Waals surface area contributed by atoms with E-state index in [-0.39, 0.29) is 0 Å². The zero-order valence-corrected chi connectivity index (χ0v) is 16.2. The molecule has 134 valence electrons. The van der Waals surface area contributed by atoms with Crippen molar-refractivity contribution in [2.24, 2.45) is 4.99 Å². The lowest BCUT2D eigenvalue weighted by Gasteiger charge is -2.25. The standard InChI is InChI=1S/C19H25N3O2S/c1-6-21(4)14-20-18-12-16(3)19(13-15(18)2)22(25(5,23)24)17-10-8-7-9-11-17/h7-14H,6H2,1-5H3. The summed E-state index contributed by atoms with van der Waals surface area (Å²) in [4.78, 5) is 6.49. The zero-order valence-electron chi connectivity index (χ0n) is 15.4. The average Bonchev–Trinajstić information content (AvgIpc) is 2.56. The number of rotatable bonds is 6. The Morgan fingerprint density at radius 3 is 2.28 bits per heavy atom. The quantitative estimate of drug-likeness (QED) is 0.578. The second-order valence-electron chi connectivity index (χ2n) is 6.11. The molecule has 2 aromatic carbocycles. The van der Waals surface area contributed by atoms with Crippen LogP contribution in [0.15, 0.2) is 47.5 Å². The van der Waals surface area contributed by atoms with Crippen molar-refractivity contribution in [3.8, 4) is 0 Å². The van der Waals surface area contributed by atoms with Gasteiger partial charge < -0.3 is 4.90 Å². The van der Waals surface area contributed by atoms with E-state index in [4.69, 9.17) is 0 Å². The van der Waals surface area contributed by atoms with Crippen LogP contribution in [0.3, 0.4) is 0 Å². The second-order valence-corrected chi connectivity index (χ2v) is 7.94. The summed E-state index contributed by atoms with van der Waals surface area (Å²) in [6.45, 7) is 6.76. The Hall–Kier alpha value is -2.34. The molecule has 0 bridgehead atoms. The Morgan fingerprint density at radius 1 is 1.08 bits per heavy atom. The molecule has 6 heteroatoms. The molecule has 0 aliphatic heterocycles. The van der Waals surface area contributed by atoms with Crippen molar-refractivity contribution in [1.29, 1.82) is 0 Å². The van der Waals surface area contributed by atoms with Crippen LogP contribution in [0.1, 0.15) is 18.1 Å². The first-order chi connectivity index (χ1) is 11.7. The highest BCUT2D eigenvalue weighted by Gasteiger charge is 2.22. The number of hydrogen-bond acceptors (Lipinski definition) is 3. The third-order valence-corrected chi connectivity index (χ3v) is 5.02. The first kappa shape index (κ1) is 19.0. The third kappa shape index (κ3) is 4.60. The van der Waals surface area contributed by atoms with Crippen molar-refractivity contribution in [3.63, 3.8) is 0 Å². The van der Waals surface area contributed by atoms with E-state index < -0.39 is 10.0 Å². The van der Waals surface area contributed by atoms with Crippen LogP contribution in [-0.4, -0.2) is 39.5 Å². The Bertz CT molecular complexity index is 862. The lowest BCUT2D eigenvalue weighted by molar-refractivity contribution is 0.552. The number of aliphatic imine (C=N–C) groups is 1. The molecule has 0 heterocycles. The van der Waals surface area contributed by atoms with Crippen LogP contribution in [-0.2, 0) is 10.0 Å². The number of benzene rings is 2. The molecule has 0 aromatic heterocycles. The van der Waals surface area contributed by atoms with Gasteiger partial charge in [0.15, 0.2) is 0 Å². The summed E-state index contributed by atoms with van der Waals surface area (Å²) in [6, 6.07) is 12.9. The number of para-hydroxylation sites is 1. The second kappa shape index (κ2) is 7.70. The molecule has 0 fully saturated rings. The minimum atomic E-state index is -3.47. The van der Waals surface area contributed by atoms with Crippen LogP contribution in [0, 0.1) is 13.8 Å². The number of hydrogen-bond donors (Lipinski definition) is 0. The highest BCUT2D eigenvalue weighted by molar-refractivity contribution is 7.92. The highest BCUT2D eigenvalue weighted by atomic mass is 32.2. The Morgan fingerprint density at radius 2 is 1.72 bits per heavy atom. The maximum atomic E-state index is 12.4. The molecule has 5 nitrogen and oxygen atoms in total. The lowest BCUT2D eigenvalue weighted by Crippen LogP contribution is -2.25. The fraction of sp³-hybridized carbons (Fsp3) is 0.316. The molecular weight excluding hydrogens is 334 g/mol. The van der Waals surface area contributed by atoms with E-state index in [2.05, 4.69) is 11.9 Å². The SMILES string of the molecule is CCN(C)C=Nc1cc(C)c(N(c2ccccc2)S(C)(=O)=O)cc1C. The van der Waals surface area contributed by atoms with Crippen LogP contribution in [0.5, 0.6) is 0 Å². The van der Waals surface area contributed by atoms with E-state index in [0.29, 0.717) is 11.4 Å². The van der Waals surface area contributed by atoms with Crippen LogP contribution in [0.2, 0.25) is 0 Å². The van der Waals surface area contributed by atoms with E-state index in [1.165, 1.54) is 10.6 Å². The predicted molar refractivity (Wildman–Crippen MR) is 106 cm³/mol. The summed E-state index contributed by atoms with van der Waals surface area (Å²) in [5, 5.41) is 0. The molecule has 0 atom stereocenters. The van der Waals surface area contributed by atoms with Crippen LogP contribution >= 0.6 is 0 Å². The number of nitrogens with zero attached hydrogens (tertiary/aromatic N) is 3. The van der Waals surface area contributed by atoms with Gasteiger partial charge >= 0.3 is 0 Å². The van der Waals surface area contributed by atoms with Crippen LogP contribution in [0.25, 0.3) is 0 Å². The number of aryl methyl sites for hydroxylation is 2. The van der Waals surface area contributed by atoms with Gasteiger partial charge in [-0.3, -0.25) is 0 Å². The first-order valence-corrected chi connectivity index (χ1v) is 10.00. The lowest BCUT2D eigenvalue weighted by atomic mass is 10.1. The highest BCUT2D eigenvalue weighted by Crippen LogP contribution is 2.35. The summed E-state index contributed by atoms with van der Waals surface area (Å²) in [5.41, 5.74) is 3.88. The van der Waals surface area contributed by atoms with Gasteiger partial charge in [-0.15, -0.1) is 0 Å².